The third-order valence-electron chi connectivity index (χ3n) is 4.19. The number of rotatable bonds is 13. The molecule has 0 fully saturated rings. The molecule has 0 aliphatic rings. The predicted octanol–water partition coefficient (Wildman–Crippen LogP) is 3.01. The summed E-state index contributed by atoms with van der Waals surface area (Å²) in [6.45, 7) is 3.43. The van der Waals surface area contributed by atoms with Gasteiger partial charge in [-0.2, -0.15) is 0 Å². The number of aliphatic hydroxyl groups excluding tert-OH is 1. The zero-order chi connectivity index (χ0) is 21.1. The zero-order valence-corrected chi connectivity index (χ0v) is 17.9. The Morgan fingerprint density at radius 1 is 1.10 bits per heavy atom. The molecular formula is C20H26BrN3O5. The molecule has 0 spiro atoms. The normalized spacial score (nSPS) is 10.7. The van der Waals surface area contributed by atoms with Crippen LogP contribution in [0.3, 0.4) is 0 Å². The largest absolute Gasteiger partial charge is 0.493 e. The zero-order valence-electron chi connectivity index (χ0n) is 16.3. The highest BCUT2D eigenvalue weighted by atomic mass is 79.9. The van der Waals surface area contributed by atoms with Crippen LogP contribution >= 0.6 is 15.9 Å². The van der Waals surface area contributed by atoms with E-state index in [4.69, 9.17) is 14.6 Å². The van der Waals surface area contributed by atoms with E-state index in [0.29, 0.717) is 24.6 Å². The van der Waals surface area contributed by atoms with Crippen LogP contribution in [0, 0.1) is 10.1 Å². The monoisotopic (exact) mass is 467 g/mol. The summed E-state index contributed by atoms with van der Waals surface area (Å²) in [6.07, 6.45) is 0.963. The topological polar surface area (TPSA) is 106 Å². The molecule has 0 saturated heterocycles. The first-order valence-electron chi connectivity index (χ1n) is 9.30. The number of benzene rings is 2. The fourth-order valence-electron chi connectivity index (χ4n) is 2.63. The molecule has 0 saturated carbocycles. The molecule has 0 aliphatic carbocycles. The first kappa shape index (κ1) is 23.1. The molecular weight excluding hydrogens is 442 g/mol. The molecule has 9 heteroatoms. The molecule has 2 rings (SSSR count). The molecule has 0 bridgehead atoms. The molecule has 0 amide bonds. The molecule has 0 heterocycles. The second kappa shape index (κ2) is 12.4. The van der Waals surface area contributed by atoms with Gasteiger partial charge in [-0.3, -0.25) is 10.1 Å². The quantitative estimate of drug-likeness (QED) is 0.236. The molecule has 0 aliphatic heterocycles. The Balaban J connectivity index is 1.90. The van der Waals surface area contributed by atoms with Crippen LogP contribution in [0.5, 0.6) is 11.5 Å². The van der Waals surface area contributed by atoms with Crippen LogP contribution in [0.4, 0.5) is 5.69 Å². The maximum Gasteiger partial charge on any atom is 0.269 e. The summed E-state index contributed by atoms with van der Waals surface area (Å²) in [5, 5.41) is 26.0. The van der Waals surface area contributed by atoms with Gasteiger partial charge in [-0.1, -0.05) is 15.9 Å². The second-order valence-electron chi connectivity index (χ2n) is 6.31. The lowest BCUT2D eigenvalue weighted by Gasteiger charge is -2.14. The van der Waals surface area contributed by atoms with Crippen LogP contribution in [0.25, 0.3) is 0 Å². The van der Waals surface area contributed by atoms with Crippen molar-refractivity contribution in [3.8, 4) is 11.5 Å². The highest BCUT2D eigenvalue weighted by molar-refractivity contribution is 9.10. The third kappa shape index (κ3) is 7.62. The first-order chi connectivity index (χ1) is 14.0. The van der Waals surface area contributed by atoms with Gasteiger partial charge in [-0.15, -0.1) is 0 Å². The number of ether oxygens (including phenoxy) is 2. The summed E-state index contributed by atoms with van der Waals surface area (Å²) < 4.78 is 12.2. The van der Waals surface area contributed by atoms with Gasteiger partial charge < -0.3 is 25.2 Å². The minimum Gasteiger partial charge on any atom is -0.493 e. The summed E-state index contributed by atoms with van der Waals surface area (Å²) in [5.74, 6) is 1.21. The van der Waals surface area contributed by atoms with Gasteiger partial charge in [-0.25, -0.2) is 0 Å². The predicted molar refractivity (Wildman–Crippen MR) is 114 cm³/mol. The number of methoxy groups -OCH3 is 1. The molecule has 8 nitrogen and oxygen atoms in total. The Labute approximate surface area is 178 Å². The van der Waals surface area contributed by atoms with Gasteiger partial charge in [0, 0.05) is 29.7 Å². The summed E-state index contributed by atoms with van der Waals surface area (Å²) in [7, 11) is 1.59. The highest BCUT2D eigenvalue weighted by Crippen LogP contribution is 2.34. The van der Waals surface area contributed by atoms with Crippen LogP contribution in [0.2, 0.25) is 0 Å². The molecule has 0 aromatic heterocycles. The van der Waals surface area contributed by atoms with Crippen LogP contribution in [-0.4, -0.2) is 43.4 Å². The minimum atomic E-state index is -0.427. The van der Waals surface area contributed by atoms with E-state index < -0.39 is 4.92 Å². The van der Waals surface area contributed by atoms with Crippen molar-refractivity contribution in [1.29, 1.82) is 0 Å². The van der Waals surface area contributed by atoms with Gasteiger partial charge in [0.25, 0.3) is 5.69 Å². The smallest absolute Gasteiger partial charge is 0.269 e. The van der Waals surface area contributed by atoms with E-state index in [-0.39, 0.29) is 18.9 Å². The van der Waals surface area contributed by atoms with E-state index in [2.05, 4.69) is 26.6 Å². The van der Waals surface area contributed by atoms with E-state index in [1.165, 1.54) is 12.1 Å². The van der Waals surface area contributed by atoms with E-state index >= 15 is 0 Å². The van der Waals surface area contributed by atoms with Crippen LogP contribution in [-0.2, 0) is 13.2 Å². The average Bonchev–Trinajstić information content (AvgIpc) is 2.72. The number of non-ortho nitro benzene ring substituents is 1. The van der Waals surface area contributed by atoms with Crippen LogP contribution in [0.1, 0.15) is 17.5 Å². The van der Waals surface area contributed by atoms with Crippen molar-refractivity contribution in [2.24, 2.45) is 0 Å². The first-order valence-corrected chi connectivity index (χ1v) is 10.1. The number of nitrogens with zero attached hydrogens (tertiary/aromatic N) is 1. The molecule has 0 atom stereocenters. The number of nitrogens with one attached hydrogen (secondary N) is 2. The third-order valence-corrected chi connectivity index (χ3v) is 4.92. The SMILES string of the molecule is COc1cc(CNCCCNCCO)c(Br)cc1OCc1ccc([N+](=O)[O-])cc1. The van der Waals surface area contributed by atoms with Gasteiger partial charge in [0.1, 0.15) is 6.61 Å². The Hall–Kier alpha value is -2.20. The number of nitro benzene ring substituents is 1. The van der Waals surface area contributed by atoms with Crippen molar-refractivity contribution in [1.82, 2.24) is 10.6 Å². The summed E-state index contributed by atoms with van der Waals surface area (Å²) in [6, 6.07) is 10.1. The minimum absolute atomic E-state index is 0.0510. The van der Waals surface area contributed by atoms with E-state index in [1.54, 1.807) is 19.2 Å². The van der Waals surface area contributed by atoms with Gasteiger partial charge >= 0.3 is 0 Å². The summed E-state index contributed by atoms with van der Waals surface area (Å²) in [4.78, 5) is 10.3. The molecule has 2 aromatic carbocycles. The molecule has 0 unspecified atom stereocenters. The number of halogens is 1. The van der Waals surface area contributed by atoms with E-state index in [9.17, 15) is 10.1 Å². The van der Waals surface area contributed by atoms with Crippen LogP contribution < -0.4 is 20.1 Å². The lowest BCUT2D eigenvalue weighted by Crippen LogP contribution is -2.24. The maximum atomic E-state index is 10.7. The Morgan fingerprint density at radius 3 is 2.48 bits per heavy atom. The fourth-order valence-corrected chi connectivity index (χ4v) is 3.09. The average molecular weight is 468 g/mol. The Morgan fingerprint density at radius 2 is 1.83 bits per heavy atom. The molecule has 0 radical (unpaired) electrons. The van der Waals surface area contributed by atoms with Gasteiger partial charge in [0.15, 0.2) is 11.5 Å². The summed E-state index contributed by atoms with van der Waals surface area (Å²) in [5.41, 5.74) is 1.93. The van der Waals surface area contributed by atoms with Crippen LogP contribution in [0.15, 0.2) is 40.9 Å². The summed E-state index contributed by atoms with van der Waals surface area (Å²) >= 11 is 3.57. The highest BCUT2D eigenvalue weighted by Gasteiger charge is 2.11. The Kier molecular flexibility index (Phi) is 9.85. The number of hydrogen-bond acceptors (Lipinski definition) is 7. The lowest BCUT2D eigenvalue weighted by molar-refractivity contribution is -0.384. The van der Waals surface area contributed by atoms with E-state index in [1.807, 2.05) is 12.1 Å². The molecule has 2 aromatic rings. The van der Waals surface area contributed by atoms with Crippen molar-refractivity contribution in [2.75, 3.05) is 33.4 Å². The van der Waals surface area contributed by atoms with Gasteiger partial charge in [0.05, 0.1) is 18.6 Å². The van der Waals surface area contributed by atoms with Crippen molar-refractivity contribution < 1.29 is 19.5 Å². The van der Waals surface area contributed by atoms with E-state index in [0.717, 1.165) is 35.1 Å². The number of nitro groups is 1. The van der Waals surface area contributed by atoms with Crippen molar-refractivity contribution in [2.45, 2.75) is 19.6 Å². The molecule has 3 N–H and O–H groups in total. The molecule has 158 valence electrons. The fraction of sp³-hybridized carbons (Fsp3) is 0.400. The lowest BCUT2D eigenvalue weighted by atomic mass is 10.2. The number of hydrogen-bond donors (Lipinski definition) is 3. The maximum absolute atomic E-state index is 10.7. The van der Waals surface area contributed by atoms with Crippen molar-refractivity contribution in [3.05, 3.63) is 62.1 Å². The molecule has 29 heavy (non-hydrogen) atoms. The van der Waals surface area contributed by atoms with Crippen molar-refractivity contribution >= 4 is 21.6 Å². The second-order valence-corrected chi connectivity index (χ2v) is 7.16. The number of aliphatic hydroxyl groups is 1. The van der Waals surface area contributed by atoms with Crippen molar-refractivity contribution in [3.63, 3.8) is 0 Å². The standard InChI is InChI=1S/C20H26BrN3O5/c1-28-19-11-16(13-23-8-2-7-22-9-10-25)18(21)12-20(19)29-14-15-3-5-17(6-4-15)24(26)27/h3-6,11-12,22-23,25H,2,7-10,13-14H2,1H3. The Bertz CT molecular complexity index is 786. The van der Waals surface area contributed by atoms with Gasteiger partial charge in [-0.05, 0) is 54.9 Å². The van der Waals surface area contributed by atoms with Gasteiger partial charge in [0.2, 0.25) is 0 Å².